The zero-order valence-electron chi connectivity index (χ0n) is 10.4. The molecule has 98 valence electrons. The van der Waals surface area contributed by atoms with Crippen molar-refractivity contribution in [3.05, 3.63) is 0 Å². The van der Waals surface area contributed by atoms with Crippen molar-refractivity contribution in [2.45, 2.75) is 50.3 Å². The van der Waals surface area contributed by atoms with Crippen molar-refractivity contribution in [3.63, 3.8) is 0 Å². The lowest BCUT2D eigenvalue weighted by atomic mass is 9.78. The molecule has 1 amide bonds. The smallest absolute Gasteiger partial charge is 0.330 e. The maximum absolute atomic E-state index is 11.8. The van der Waals surface area contributed by atoms with E-state index in [1.807, 2.05) is 0 Å². The summed E-state index contributed by atoms with van der Waals surface area (Å²) in [6.07, 6.45) is 4.25. The van der Waals surface area contributed by atoms with Crippen LogP contribution in [0.15, 0.2) is 0 Å². The highest BCUT2D eigenvalue weighted by Gasteiger charge is 2.42. The van der Waals surface area contributed by atoms with Crippen molar-refractivity contribution in [2.75, 3.05) is 6.61 Å². The van der Waals surface area contributed by atoms with Gasteiger partial charge in [0.25, 0.3) is 0 Å². The Balaban J connectivity index is 2.74. The predicted octanol–water partition coefficient (Wildman–Crippen LogP) is 1.54. The quantitative estimate of drug-likeness (QED) is 0.447. The number of carbonyl (C=O) groups excluding carboxylic acids is 2. The van der Waals surface area contributed by atoms with E-state index >= 15 is 0 Å². The van der Waals surface area contributed by atoms with Crippen LogP contribution in [-0.4, -0.2) is 29.8 Å². The SMILES string of the molecule is CCOC(=O)C(NC=O)C1(S)CCC(C)CC1. The first-order valence-corrected chi connectivity index (χ1v) is 6.57. The fourth-order valence-electron chi connectivity index (χ4n) is 2.29. The summed E-state index contributed by atoms with van der Waals surface area (Å²) in [6, 6.07) is -0.643. The van der Waals surface area contributed by atoms with E-state index < -0.39 is 10.8 Å². The number of amides is 1. The summed E-state index contributed by atoms with van der Waals surface area (Å²) in [6.45, 7) is 4.26. The minimum atomic E-state index is -0.643. The van der Waals surface area contributed by atoms with Crippen LogP contribution in [0.5, 0.6) is 0 Å². The molecule has 0 spiro atoms. The molecule has 1 unspecified atom stereocenters. The molecule has 0 aromatic rings. The normalized spacial score (nSPS) is 30.4. The average Bonchev–Trinajstić information content (AvgIpc) is 2.30. The highest BCUT2D eigenvalue weighted by molar-refractivity contribution is 7.82. The van der Waals surface area contributed by atoms with E-state index in [1.165, 1.54) is 0 Å². The molecule has 0 aromatic carbocycles. The van der Waals surface area contributed by atoms with Crippen molar-refractivity contribution in [3.8, 4) is 0 Å². The van der Waals surface area contributed by atoms with E-state index in [-0.39, 0.29) is 5.97 Å². The number of hydrogen-bond acceptors (Lipinski definition) is 4. The first-order chi connectivity index (χ1) is 8.03. The van der Waals surface area contributed by atoms with E-state index in [2.05, 4.69) is 24.9 Å². The molecule has 1 atom stereocenters. The second-order valence-electron chi connectivity index (χ2n) is 4.76. The first kappa shape index (κ1) is 14.4. The molecular formula is C12H21NO3S. The molecule has 0 bridgehead atoms. The Kier molecular flexibility index (Phi) is 5.31. The van der Waals surface area contributed by atoms with Gasteiger partial charge in [0.1, 0.15) is 6.04 Å². The van der Waals surface area contributed by atoms with Gasteiger partial charge in [-0.3, -0.25) is 4.79 Å². The van der Waals surface area contributed by atoms with Gasteiger partial charge in [-0.15, -0.1) is 0 Å². The van der Waals surface area contributed by atoms with Gasteiger partial charge in [-0.05, 0) is 38.5 Å². The van der Waals surface area contributed by atoms with Crippen molar-refractivity contribution in [2.24, 2.45) is 5.92 Å². The standard InChI is InChI=1S/C12H21NO3S/c1-3-16-11(15)10(13-8-14)12(17)6-4-9(2)5-7-12/h8-10,17H,3-7H2,1-2H3,(H,13,14). The molecule has 17 heavy (non-hydrogen) atoms. The lowest BCUT2D eigenvalue weighted by molar-refractivity contribution is -0.147. The van der Waals surface area contributed by atoms with E-state index in [9.17, 15) is 9.59 Å². The third kappa shape index (κ3) is 3.63. The van der Waals surface area contributed by atoms with Gasteiger partial charge in [0.05, 0.1) is 6.61 Å². The number of thiol groups is 1. The number of esters is 1. The van der Waals surface area contributed by atoms with Crippen LogP contribution >= 0.6 is 12.6 Å². The molecule has 1 aliphatic rings. The monoisotopic (exact) mass is 259 g/mol. The van der Waals surface area contributed by atoms with E-state index in [1.54, 1.807) is 6.92 Å². The first-order valence-electron chi connectivity index (χ1n) is 6.12. The molecule has 5 heteroatoms. The highest BCUT2D eigenvalue weighted by Crippen LogP contribution is 2.39. The van der Waals surface area contributed by atoms with Gasteiger partial charge in [-0.2, -0.15) is 12.6 Å². The number of nitrogens with one attached hydrogen (secondary N) is 1. The maximum Gasteiger partial charge on any atom is 0.330 e. The van der Waals surface area contributed by atoms with Crippen molar-refractivity contribution >= 4 is 25.0 Å². The second kappa shape index (κ2) is 6.28. The third-order valence-electron chi connectivity index (χ3n) is 3.43. The van der Waals surface area contributed by atoms with Crippen molar-refractivity contribution < 1.29 is 14.3 Å². The van der Waals surface area contributed by atoms with Gasteiger partial charge in [-0.25, -0.2) is 4.79 Å². The summed E-state index contributed by atoms with van der Waals surface area (Å²) in [5, 5.41) is 2.56. The Bertz CT molecular complexity index is 275. The van der Waals surface area contributed by atoms with Crippen LogP contribution in [0.25, 0.3) is 0 Å². The molecule has 1 aliphatic carbocycles. The van der Waals surface area contributed by atoms with Crippen LogP contribution in [0.3, 0.4) is 0 Å². The van der Waals surface area contributed by atoms with Crippen LogP contribution in [-0.2, 0) is 14.3 Å². The molecule has 0 aromatic heterocycles. The van der Waals surface area contributed by atoms with Crippen LogP contribution in [0.1, 0.15) is 39.5 Å². The van der Waals surface area contributed by atoms with Gasteiger partial charge in [-0.1, -0.05) is 6.92 Å². The number of ether oxygens (including phenoxy) is 1. The maximum atomic E-state index is 11.8. The van der Waals surface area contributed by atoms with E-state index in [0.29, 0.717) is 18.9 Å². The van der Waals surface area contributed by atoms with Crippen molar-refractivity contribution in [1.29, 1.82) is 0 Å². The summed E-state index contributed by atoms with van der Waals surface area (Å²) in [4.78, 5) is 22.4. The second-order valence-corrected chi connectivity index (χ2v) is 5.65. The molecule has 1 saturated carbocycles. The summed E-state index contributed by atoms with van der Waals surface area (Å²) in [7, 11) is 0. The van der Waals surface area contributed by atoms with E-state index in [0.717, 1.165) is 25.7 Å². The Morgan fingerprint density at radius 3 is 2.65 bits per heavy atom. The molecule has 0 radical (unpaired) electrons. The Labute approximate surface area is 108 Å². The molecule has 1 N–H and O–H groups in total. The Hall–Kier alpha value is -0.710. The van der Waals surface area contributed by atoms with E-state index in [4.69, 9.17) is 4.74 Å². The zero-order valence-corrected chi connectivity index (χ0v) is 11.3. The summed E-state index contributed by atoms with van der Waals surface area (Å²) in [5.74, 6) is 0.276. The third-order valence-corrected chi connectivity index (χ3v) is 4.14. The predicted molar refractivity (Wildman–Crippen MR) is 69.0 cm³/mol. The molecule has 1 fully saturated rings. The summed E-state index contributed by atoms with van der Waals surface area (Å²) < 4.78 is 4.52. The summed E-state index contributed by atoms with van der Waals surface area (Å²) in [5.41, 5.74) is 0. The molecule has 4 nitrogen and oxygen atoms in total. The van der Waals surface area contributed by atoms with Gasteiger partial charge in [0, 0.05) is 4.75 Å². The number of rotatable bonds is 5. The zero-order chi connectivity index (χ0) is 12.9. The largest absolute Gasteiger partial charge is 0.464 e. The minimum absolute atomic E-state index is 0.316. The van der Waals surface area contributed by atoms with Crippen molar-refractivity contribution in [1.82, 2.24) is 5.32 Å². The average molecular weight is 259 g/mol. The molecule has 0 saturated heterocycles. The van der Waals surface area contributed by atoms with Crippen LogP contribution in [0.4, 0.5) is 0 Å². The summed E-state index contributed by atoms with van der Waals surface area (Å²) >= 11 is 4.63. The van der Waals surface area contributed by atoms with Crippen LogP contribution < -0.4 is 5.32 Å². The molecule has 0 aliphatic heterocycles. The highest BCUT2D eigenvalue weighted by atomic mass is 32.1. The molecular weight excluding hydrogens is 238 g/mol. The molecule has 0 heterocycles. The number of carbonyl (C=O) groups is 2. The minimum Gasteiger partial charge on any atom is -0.464 e. The lowest BCUT2D eigenvalue weighted by Crippen LogP contribution is -2.54. The van der Waals surface area contributed by atoms with Gasteiger partial charge in [0.15, 0.2) is 0 Å². The fourth-order valence-corrected chi connectivity index (χ4v) is 2.73. The van der Waals surface area contributed by atoms with Crippen LogP contribution in [0.2, 0.25) is 0 Å². The van der Waals surface area contributed by atoms with Crippen LogP contribution in [0, 0.1) is 5.92 Å². The number of hydrogen-bond donors (Lipinski definition) is 2. The lowest BCUT2D eigenvalue weighted by Gasteiger charge is -2.39. The topological polar surface area (TPSA) is 55.4 Å². The van der Waals surface area contributed by atoms with Gasteiger partial charge >= 0.3 is 5.97 Å². The van der Waals surface area contributed by atoms with Gasteiger partial charge in [0.2, 0.25) is 6.41 Å². The Morgan fingerprint density at radius 2 is 2.18 bits per heavy atom. The van der Waals surface area contributed by atoms with Gasteiger partial charge < -0.3 is 10.1 Å². The Morgan fingerprint density at radius 1 is 1.59 bits per heavy atom. The molecule has 1 rings (SSSR count). The fraction of sp³-hybridized carbons (Fsp3) is 0.833.